The van der Waals surface area contributed by atoms with Crippen molar-refractivity contribution in [2.45, 2.75) is 46.2 Å². The predicted octanol–water partition coefficient (Wildman–Crippen LogP) is 4.04. The van der Waals surface area contributed by atoms with Crippen LogP contribution in [0.25, 0.3) is 0 Å². The monoisotopic (exact) mass is 194 g/mol. The van der Waals surface area contributed by atoms with Gasteiger partial charge >= 0.3 is 0 Å². The van der Waals surface area contributed by atoms with Crippen LogP contribution >= 0.6 is 0 Å². The fourth-order valence-corrected chi connectivity index (χ4v) is 2.69. The zero-order valence-electron chi connectivity index (χ0n) is 9.52. The minimum Gasteiger partial charge on any atom is -0.239 e. The molecule has 2 rings (SSSR count). The number of fused-ring (bicyclic) bond motifs is 1. The molecule has 1 saturated carbocycles. The van der Waals surface area contributed by atoms with Gasteiger partial charge in [-0.25, -0.2) is 4.39 Å². The molecule has 2 aliphatic rings. The molecule has 0 nitrogen and oxygen atoms in total. The molecule has 0 amide bonds. The minimum absolute atomic E-state index is 0.667. The first kappa shape index (κ1) is 9.95. The molecule has 0 heterocycles. The fourth-order valence-electron chi connectivity index (χ4n) is 2.69. The Bertz CT molecular complexity index is 315. The smallest absolute Gasteiger partial charge is 0.130 e. The summed E-state index contributed by atoms with van der Waals surface area (Å²) < 4.78 is 13.9. The molecule has 2 aliphatic carbocycles. The van der Waals surface area contributed by atoms with Crippen LogP contribution in [0.5, 0.6) is 0 Å². The highest BCUT2D eigenvalue weighted by Gasteiger charge is 2.45. The zero-order valence-corrected chi connectivity index (χ0v) is 9.52. The SMILES string of the molecule is CCC1=CC(C(C)(C)F)=C(C)C2CC12. The van der Waals surface area contributed by atoms with Gasteiger partial charge < -0.3 is 0 Å². The molecule has 0 saturated heterocycles. The predicted molar refractivity (Wildman–Crippen MR) is 57.9 cm³/mol. The third-order valence-corrected chi connectivity index (χ3v) is 3.63. The van der Waals surface area contributed by atoms with E-state index in [0.29, 0.717) is 5.92 Å². The Labute approximate surface area is 85.9 Å². The molecule has 2 unspecified atom stereocenters. The lowest BCUT2D eigenvalue weighted by molar-refractivity contribution is 0.270. The number of hydrogen-bond acceptors (Lipinski definition) is 0. The Morgan fingerprint density at radius 1 is 1.43 bits per heavy atom. The molecule has 78 valence electrons. The van der Waals surface area contributed by atoms with Crippen LogP contribution in [0.15, 0.2) is 22.8 Å². The first-order valence-corrected chi connectivity index (χ1v) is 5.55. The molecule has 1 fully saturated rings. The van der Waals surface area contributed by atoms with E-state index >= 15 is 0 Å². The molecule has 14 heavy (non-hydrogen) atoms. The highest BCUT2D eigenvalue weighted by Crippen LogP contribution is 2.55. The zero-order chi connectivity index (χ0) is 10.5. The summed E-state index contributed by atoms with van der Waals surface area (Å²) in [5, 5.41) is 0. The topological polar surface area (TPSA) is 0 Å². The summed E-state index contributed by atoms with van der Waals surface area (Å²) in [5.74, 6) is 1.42. The van der Waals surface area contributed by atoms with E-state index in [2.05, 4.69) is 19.9 Å². The number of halogens is 1. The van der Waals surface area contributed by atoms with Gasteiger partial charge in [0.25, 0.3) is 0 Å². The van der Waals surface area contributed by atoms with Gasteiger partial charge in [-0.05, 0) is 51.0 Å². The first-order valence-electron chi connectivity index (χ1n) is 5.55. The maximum atomic E-state index is 13.9. The lowest BCUT2D eigenvalue weighted by Gasteiger charge is -2.24. The van der Waals surface area contributed by atoms with E-state index in [9.17, 15) is 4.39 Å². The van der Waals surface area contributed by atoms with Gasteiger partial charge in [-0.3, -0.25) is 0 Å². The number of allylic oxidation sites excluding steroid dienone is 4. The molecule has 0 aliphatic heterocycles. The second-order valence-electron chi connectivity index (χ2n) is 5.09. The van der Waals surface area contributed by atoms with Crippen molar-refractivity contribution in [2.75, 3.05) is 0 Å². The lowest BCUT2D eigenvalue weighted by atomic mass is 9.85. The highest BCUT2D eigenvalue weighted by molar-refractivity contribution is 5.45. The fraction of sp³-hybridized carbons (Fsp3) is 0.692. The maximum absolute atomic E-state index is 13.9. The summed E-state index contributed by atoms with van der Waals surface area (Å²) >= 11 is 0. The number of alkyl halides is 1. The lowest BCUT2D eigenvalue weighted by Crippen LogP contribution is -2.19. The van der Waals surface area contributed by atoms with Crippen molar-refractivity contribution in [3.63, 3.8) is 0 Å². The molecule has 0 N–H and O–H groups in total. The van der Waals surface area contributed by atoms with Crippen molar-refractivity contribution < 1.29 is 4.39 Å². The van der Waals surface area contributed by atoms with Crippen LogP contribution in [0.3, 0.4) is 0 Å². The maximum Gasteiger partial charge on any atom is 0.130 e. The van der Waals surface area contributed by atoms with Crippen LogP contribution in [0.1, 0.15) is 40.5 Å². The molecule has 0 aromatic rings. The Hall–Kier alpha value is -0.590. The summed E-state index contributed by atoms with van der Waals surface area (Å²) in [7, 11) is 0. The summed E-state index contributed by atoms with van der Waals surface area (Å²) in [6, 6.07) is 0. The molecule has 0 aromatic carbocycles. The molecule has 0 spiro atoms. The number of rotatable bonds is 2. The van der Waals surface area contributed by atoms with Crippen LogP contribution in [0.2, 0.25) is 0 Å². The average Bonchev–Trinajstić information content (AvgIpc) is 2.82. The van der Waals surface area contributed by atoms with E-state index in [1.54, 1.807) is 13.8 Å². The summed E-state index contributed by atoms with van der Waals surface area (Å²) in [4.78, 5) is 0. The molecular formula is C13H19F. The number of hydrogen-bond donors (Lipinski definition) is 0. The van der Waals surface area contributed by atoms with Gasteiger partial charge in [-0.15, -0.1) is 0 Å². The Kier molecular flexibility index (Phi) is 2.09. The van der Waals surface area contributed by atoms with Gasteiger partial charge in [0, 0.05) is 0 Å². The molecule has 1 heteroatoms. The van der Waals surface area contributed by atoms with Gasteiger partial charge in [0.1, 0.15) is 5.67 Å². The van der Waals surface area contributed by atoms with Gasteiger partial charge in [-0.1, -0.05) is 24.1 Å². The van der Waals surface area contributed by atoms with Crippen molar-refractivity contribution in [1.29, 1.82) is 0 Å². The van der Waals surface area contributed by atoms with E-state index in [4.69, 9.17) is 0 Å². The van der Waals surface area contributed by atoms with Crippen LogP contribution in [0, 0.1) is 11.8 Å². The van der Waals surface area contributed by atoms with E-state index in [0.717, 1.165) is 17.9 Å². The van der Waals surface area contributed by atoms with E-state index < -0.39 is 5.67 Å². The molecule has 0 radical (unpaired) electrons. The van der Waals surface area contributed by atoms with Crippen LogP contribution in [0.4, 0.5) is 4.39 Å². The van der Waals surface area contributed by atoms with Crippen molar-refractivity contribution in [3.8, 4) is 0 Å². The third kappa shape index (κ3) is 1.43. The summed E-state index contributed by atoms with van der Waals surface area (Å²) in [6.45, 7) is 7.60. The van der Waals surface area contributed by atoms with Crippen LogP contribution in [-0.2, 0) is 0 Å². The molecule has 0 aromatic heterocycles. The first-order chi connectivity index (χ1) is 6.45. The van der Waals surface area contributed by atoms with Crippen molar-refractivity contribution in [2.24, 2.45) is 11.8 Å². The quantitative estimate of drug-likeness (QED) is 0.622. The summed E-state index contributed by atoms with van der Waals surface area (Å²) in [6.07, 6.45) is 4.45. The van der Waals surface area contributed by atoms with Crippen LogP contribution in [-0.4, -0.2) is 5.67 Å². The Balaban J connectivity index is 2.39. The van der Waals surface area contributed by atoms with Crippen LogP contribution < -0.4 is 0 Å². The Morgan fingerprint density at radius 2 is 2.07 bits per heavy atom. The standard InChI is InChI=1S/C13H19F/c1-5-9-6-12(13(3,4)14)8(2)10-7-11(9)10/h6,10-11H,5,7H2,1-4H3. The van der Waals surface area contributed by atoms with E-state index in [-0.39, 0.29) is 0 Å². The van der Waals surface area contributed by atoms with Crippen molar-refractivity contribution in [1.82, 2.24) is 0 Å². The molecule has 2 atom stereocenters. The van der Waals surface area contributed by atoms with Gasteiger partial charge in [-0.2, -0.15) is 0 Å². The van der Waals surface area contributed by atoms with E-state index in [1.165, 1.54) is 17.6 Å². The third-order valence-electron chi connectivity index (χ3n) is 3.63. The van der Waals surface area contributed by atoms with Crippen molar-refractivity contribution >= 4 is 0 Å². The molecular weight excluding hydrogens is 175 g/mol. The summed E-state index contributed by atoms with van der Waals surface area (Å²) in [5.41, 5.74) is 2.52. The van der Waals surface area contributed by atoms with Crippen molar-refractivity contribution in [3.05, 3.63) is 22.8 Å². The average molecular weight is 194 g/mol. The molecule has 0 bridgehead atoms. The van der Waals surface area contributed by atoms with E-state index in [1.807, 2.05) is 0 Å². The van der Waals surface area contributed by atoms with Gasteiger partial charge in [0.15, 0.2) is 0 Å². The second kappa shape index (κ2) is 2.95. The largest absolute Gasteiger partial charge is 0.239 e. The Morgan fingerprint density at radius 3 is 2.57 bits per heavy atom. The highest BCUT2D eigenvalue weighted by atomic mass is 19.1. The second-order valence-corrected chi connectivity index (χ2v) is 5.09. The van der Waals surface area contributed by atoms with Gasteiger partial charge in [0.05, 0.1) is 0 Å². The normalized spacial score (nSPS) is 31.4. The minimum atomic E-state index is -1.17. The van der Waals surface area contributed by atoms with Gasteiger partial charge in [0.2, 0.25) is 0 Å².